The van der Waals surface area contributed by atoms with Crippen molar-refractivity contribution in [1.29, 1.82) is 0 Å². The van der Waals surface area contributed by atoms with Gasteiger partial charge in [0, 0.05) is 12.8 Å². The van der Waals surface area contributed by atoms with Crippen LogP contribution in [-0.2, 0) is 9.59 Å². The monoisotopic (exact) mass is 328 g/mol. The van der Waals surface area contributed by atoms with E-state index in [1.165, 1.54) is 18.2 Å². The Balaban J connectivity index is 0.000000459. The maximum atomic E-state index is 10.1. The van der Waals surface area contributed by atoms with Gasteiger partial charge in [0.15, 0.2) is 17.2 Å². The predicted octanol–water partition coefficient (Wildman–Crippen LogP) is 3.08. The van der Waals surface area contributed by atoms with Crippen molar-refractivity contribution in [3.8, 4) is 17.2 Å². The molecule has 130 valence electrons. The number of carboxylic acid groups (broad SMARTS) is 2. The van der Waals surface area contributed by atoms with Gasteiger partial charge in [-0.25, -0.2) is 0 Å². The first-order chi connectivity index (χ1) is 10.8. The first kappa shape index (κ1) is 20.6. The third kappa shape index (κ3) is 11.9. The Hall–Kier alpha value is -2.44. The van der Waals surface area contributed by atoms with Crippen LogP contribution in [0, 0.1) is 0 Å². The first-order valence-corrected chi connectivity index (χ1v) is 7.48. The lowest BCUT2D eigenvalue weighted by molar-refractivity contribution is -0.138. The van der Waals surface area contributed by atoms with E-state index < -0.39 is 17.7 Å². The van der Waals surface area contributed by atoms with Gasteiger partial charge in [-0.1, -0.05) is 31.7 Å². The third-order valence-electron chi connectivity index (χ3n) is 3.02. The fourth-order valence-corrected chi connectivity index (χ4v) is 1.78. The van der Waals surface area contributed by atoms with Crippen molar-refractivity contribution in [1.82, 2.24) is 0 Å². The molecule has 1 rings (SSSR count). The predicted molar refractivity (Wildman–Crippen MR) is 83.6 cm³/mol. The molecular formula is C16H24O7. The van der Waals surface area contributed by atoms with Gasteiger partial charge in [0.25, 0.3) is 0 Å². The molecule has 7 nitrogen and oxygen atoms in total. The minimum absolute atomic E-state index is 0.245. The average molecular weight is 328 g/mol. The van der Waals surface area contributed by atoms with Crippen molar-refractivity contribution < 1.29 is 35.1 Å². The highest BCUT2D eigenvalue weighted by molar-refractivity contribution is 5.66. The summed E-state index contributed by atoms with van der Waals surface area (Å²) in [4.78, 5) is 20.3. The van der Waals surface area contributed by atoms with E-state index >= 15 is 0 Å². The number of hydrogen-bond acceptors (Lipinski definition) is 5. The minimum atomic E-state index is -0.740. The Morgan fingerprint density at radius 2 is 1.04 bits per heavy atom. The number of carboxylic acids is 2. The molecule has 0 bridgehead atoms. The van der Waals surface area contributed by atoms with E-state index in [-0.39, 0.29) is 24.3 Å². The number of benzene rings is 1. The molecule has 0 aliphatic carbocycles. The van der Waals surface area contributed by atoms with Gasteiger partial charge in [-0.05, 0) is 25.0 Å². The zero-order valence-corrected chi connectivity index (χ0v) is 12.9. The van der Waals surface area contributed by atoms with Crippen molar-refractivity contribution in [2.24, 2.45) is 0 Å². The third-order valence-corrected chi connectivity index (χ3v) is 3.02. The van der Waals surface area contributed by atoms with Crippen LogP contribution in [-0.4, -0.2) is 37.5 Å². The SMILES string of the molecule is O=C(O)CCCCCCCCC(=O)O.Oc1cccc(O)c1O. The number of phenolic OH excluding ortho intramolecular Hbond substituents is 3. The summed E-state index contributed by atoms with van der Waals surface area (Å²) in [6.07, 6.45) is 5.82. The number of unbranched alkanes of at least 4 members (excludes halogenated alkanes) is 5. The highest BCUT2D eigenvalue weighted by Crippen LogP contribution is 2.32. The molecule has 0 atom stereocenters. The number of phenols is 3. The summed E-state index contributed by atoms with van der Waals surface area (Å²) in [6.45, 7) is 0. The highest BCUT2D eigenvalue weighted by Gasteiger charge is 2.01. The fourth-order valence-electron chi connectivity index (χ4n) is 1.78. The quantitative estimate of drug-likeness (QED) is 0.347. The van der Waals surface area contributed by atoms with E-state index in [9.17, 15) is 9.59 Å². The van der Waals surface area contributed by atoms with E-state index in [1.807, 2.05) is 0 Å². The van der Waals surface area contributed by atoms with Crippen molar-refractivity contribution in [2.45, 2.75) is 51.4 Å². The molecule has 23 heavy (non-hydrogen) atoms. The largest absolute Gasteiger partial charge is 0.504 e. The number of aliphatic carboxylic acids is 2. The molecule has 0 heterocycles. The lowest BCUT2D eigenvalue weighted by Crippen LogP contribution is -1.94. The van der Waals surface area contributed by atoms with E-state index in [0.29, 0.717) is 0 Å². The summed E-state index contributed by atoms with van der Waals surface area (Å²) in [7, 11) is 0. The van der Waals surface area contributed by atoms with Crippen molar-refractivity contribution in [2.75, 3.05) is 0 Å². The van der Waals surface area contributed by atoms with E-state index in [0.717, 1.165) is 38.5 Å². The van der Waals surface area contributed by atoms with Crippen LogP contribution in [0.25, 0.3) is 0 Å². The fraction of sp³-hybridized carbons (Fsp3) is 0.500. The summed E-state index contributed by atoms with van der Waals surface area (Å²) in [6, 6.07) is 4.01. The molecule has 0 amide bonds. The molecule has 0 aromatic heterocycles. The molecule has 0 fully saturated rings. The number of hydrogen-bond donors (Lipinski definition) is 5. The van der Waals surface area contributed by atoms with Gasteiger partial charge < -0.3 is 25.5 Å². The molecule has 0 radical (unpaired) electrons. The summed E-state index contributed by atoms with van der Waals surface area (Å²) >= 11 is 0. The van der Waals surface area contributed by atoms with Crippen molar-refractivity contribution in [3.05, 3.63) is 18.2 Å². The van der Waals surface area contributed by atoms with Crippen molar-refractivity contribution in [3.63, 3.8) is 0 Å². The van der Waals surface area contributed by atoms with Crippen LogP contribution in [0.4, 0.5) is 0 Å². The molecule has 0 aliphatic heterocycles. The topological polar surface area (TPSA) is 135 Å². The standard InChI is InChI=1S/C10H18O4.C6H6O3/c11-9(12)7-5-3-1-2-4-6-8-10(13)14;7-4-2-1-3-5(8)6(4)9/h1-8H2,(H,11,12)(H,13,14);1-3,7-9H. The smallest absolute Gasteiger partial charge is 0.303 e. The van der Waals surface area contributed by atoms with Gasteiger partial charge in [0.05, 0.1) is 0 Å². The van der Waals surface area contributed by atoms with Crippen LogP contribution in [0.2, 0.25) is 0 Å². The Bertz CT molecular complexity index is 445. The lowest BCUT2D eigenvalue weighted by Gasteiger charge is -1.98. The lowest BCUT2D eigenvalue weighted by atomic mass is 10.1. The second-order valence-corrected chi connectivity index (χ2v) is 5.05. The molecule has 0 spiro atoms. The van der Waals surface area contributed by atoms with Crippen LogP contribution in [0.5, 0.6) is 17.2 Å². The van der Waals surface area contributed by atoms with E-state index in [4.69, 9.17) is 25.5 Å². The first-order valence-electron chi connectivity index (χ1n) is 7.48. The van der Waals surface area contributed by atoms with Crippen LogP contribution in [0.1, 0.15) is 51.4 Å². The second-order valence-electron chi connectivity index (χ2n) is 5.05. The molecule has 1 aromatic rings. The average Bonchev–Trinajstić information content (AvgIpc) is 2.47. The van der Waals surface area contributed by atoms with Crippen LogP contribution < -0.4 is 0 Å². The van der Waals surface area contributed by atoms with Gasteiger partial charge in [-0.3, -0.25) is 9.59 Å². The van der Waals surface area contributed by atoms with Crippen molar-refractivity contribution >= 4 is 11.9 Å². The molecule has 0 aliphatic rings. The summed E-state index contributed by atoms with van der Waals surface area (Å²) < 4.78 is 0. The number of rotatable bonds is 9. The van der Waals surface area contributed by atoms with Gasteiger partial charge in [0.2, 0.25) is 0 Å². The molecule has 7 heteroatoms. The molecule has 1 aromatic carbocycles. The van der Waals surface area contributed by atoms with Crippen LogP contribution in [0.15, 0.2) is 18.2 Å². The summed E-state index contributed by atoms with van der Waals surface area (Å²) in [5.41, 5.74) is 0. The highest BCUT2D eigenvalue weighted by atomic mass is 16.4. The van der Waals surface area contributed by atoms with E-state index in [2.05, 4.69) is 0 Å². The summed E-state index contributed by atoms with van der Waals surface area (Å²) in [5.74, 6) is -2.57. The van der Waals surface area contributed by atoms with Gasteiger partial charge in [-0.2, -0.15) is 0 Å². The molecular weight excluding hydrogens is 304 g/mol. The van der Waals surface area contributed by atoms with Gasteiger partial charge >= 0.3 is 11.9 Å². The zero-order valence-electron chi connectivity index (χ0n) is 12.9. The minimum Gasteiger partial charge on any atom is -0.504 e. The number of para-hydroxylation sites is 1. The molecule has 0 saturated carbocycles. The maximum absolute atomic E-state index is 10.1. The Morgan fingerprint density at radius 3 is 1.35 bits per heavy atom. The molecule has 5 N–H and O–H groups in total. The van der Waals surface area contributed by atoms with Gasteiger partial charge in [0.1, 0.15) is 0 Å². The number of carbonyl (C=O) groups is 2. The van der Waals surface area contributed by atoms with Gasteiger partial charge in [-0.15, -0.1) is 0 Å². The van der Waals surface area contributed by atoms with E-state index in [1.54, 1.807) is 0 Å². The maximum Gasteiger partial charge on any atom is 0.303 e. The Labute approximate surface area is 134 Å². The Kier molecular flexibility index (Phi) is 10.9. The van der Waals surface area contributed by atoms with Crippen LogP contribution >= 0.6 is 0 Å². The molecule has 0 saturated heterocycles. The molecule has 0 unspecified atom stereocenters. The van der Waals surface area contributed by atoms with Crippen LogP contribution in [0.3, 0.4) is 0 Å². The summed E-state index contributed by atoms with van der Waals surface area (Å²) in [5, 5.41) is 42.8. The normalized spacial score (nSPS) is 9.74. The zero-order chi connectivity index (χ0) is 17.7. The Morgan fingerprint density at radius 1 is 0.696 bits per heavy atom. The second kappa shape index (κ2) is 12.1. The number of aromatic hydroxyl groups is 3.